The molecule has 0 aromatic carbocycles. The van der Waals surface area contributed by atoms with E-state index in [4.69, 9.17) is 16.1 Å². The molecule has 1 aliphatic rings. The lowest BCUT2D eigenvalue weighted by Crippen LogP contribution is -2.50. The zero-order chi connectivity index (χ0) is 28.5. The van der Waals surface area contributed by atoms with Crippen molar-refractivity contribution in [2.45, 2.75) is 71.9 Å². The molecule has 2 amide bonds. The summed E-state index contributed by atoms with van der Waals surface area (Å²) in [6.07, 6.45) is 5.29. The number of hydrogen-bond acceptors (Lipinski definition) is 7. The largest absolute Gasteiger partial charge is 0.361 e. The van der Waals surface area contributed by atoms with Crippen molar-refractivity contribution in [1.82, 2.24) is 25.3 Å². The average Bonchev–Trinajstić information content (AvgIpc) is 3.31. The summed E-state index contributed by atoms with van der Waals surface area (Å²) in [6.45, 7) is 14.7. The Bertz CT molecular complexity index is 1170. The van der Waals surface area contributed by atoms with E-state index in [1.54, 1.807) is 11.5 Å². The van der Waals surface area contributed by atoms with E-state index in [1.807, 2.05) is 37.8 Å². The van der Waals surface area contributed by atoms with Crippen molar-refractivity contribution in [2.24, 2.45) is 0 Å². The Labute approximate surface area is 242 Å². The van der Waals surface area contributed by atoms with Crippen LogP contribution in [-0.4, -0.2) is 70.0 Å². The summed E-state index contributed by atoms with van der Waals surface area (Å²) in [5.74, 6) is 0.383. The second-order valence-electron chi connectivity index (χ2n) is 10.2. The van der Waals surface area contributed by atoms with Gasteiger partial charge in [-0.2, -0.15) is 12.6 Å². The molecule has 212 valence electrons. The van der Waals surface area contributed by atoms with Crippen LogP contribution in [-0.2, 0) is 17.6 Å². The Morgan fingerprint density at radius 2 is 2.05 bits per heavy atom. The summed E-state index contributed by atoms with van der Waals surface area (Å²) in [5, 5.41) is 8.80. The number of halogens is 1. The van der Waals surface area contributed by atoms with Crippen LogP contribution in [0.1, 0.15) is 66.2 Å². The van der Waals surface area contributed by atoms with E-state index >= 15 is 0 Å². The number of carbonyl (C=O) groups excluding carboxylic acids is 2. The normalized spacial score (nSPS) is 15.4. The summed E-state index contributed by atoms with van der Waals surface area (Å²) >= 11 is 10.4. The quantitative estimate of drug-likeness (QED) is 0.212. The highest BCUT2D eigenvalue weighted by molar-refractivity contribution is 7.83. The molecule has 0 bridgehead atoms. The van der Waals surface area contributed by atoms with Crippen molar-refractivity contribution in [3.63, 3.8) is 0 Å². The molecule has 1 fully saturated rings. The molecule has 3 rings (SSSR count). The zero-order valence-corrected chi connectivity index (χ0v) is 25.0. The number of piperidine rings is 1. The van der Waals surface area contributed by atoms with Crippen molar-refractivity contribution in [3.8, 4) is 0 Å². The van der Waals surface area contributed by atoms with Gasteiger partial charge in [0.15, 0.2) is 0 Å². The number of pyridine rings is 1. The first-order chi connectivity index (χ1) is 18.6. The SMILES string of the molecule is C=C(/C=C\S)CN(C(=O)Cc1cc(C)no1)C1CCN(C(C)CCNC(=O)c2c(C)cc(CC)nc2Cl)CC1. The van der Waals surface area contributed by atoms with E-state index in [-0.39, 0.29) is 35.5 Å². The van der Waals surface area contributed by atoms with Gasteiger partial charge in [0, 0.05) is 50.0 Å². The number of nitrogens with one attached hydrogen (secondary N) is 1. The molecule has 0 radical (unpaired) electrons. The van der Waals surface area contributed by atoms with E-state index in [0.717, 1.165) is 61.3 Å². The highest BCUT2D eigenvalue weighted by Gasteiger charge is 2.30. The Kier molecular flexibility index (Phi) is 11.6. The number of hydrogen-bond donors (Lipinski definition) is 2. The number of likely N-dealkylation sites (tertiary alicyclic amines) is 1. The first-order valence-electron chi connectivity index (χ1n) is 13.5. The molecule has 1 saturated heterocycles. The molecule has 10 heteroatoms. The molecule has 39 heavy (non-hydrogen) atoms. The van der Waals surface area contributed by atoms with Gasteiger partial charge in [-0.05, 0) is 69.1 Å². The fourth-order valence-corrected chi connectivity index (χ4v) is 5.56. The summed E-state index contributed by atoms with van der Waals surface area (Å²) in [4.78, 5) is 34.7. The topological polar surface area (TPSA) is 91.6 Å². The first-order valence-corrected chi connectivity index (χ1v) is 14.4. The molecule has 0 spiro atoms. The van der Waals surface area contributed by atoms with Crippen molar-refractivity contribution < 1.29 is 14.1 Å². The lowest BCUT2D eigenvalue weighted by atomic mass is 9.99. The molecule has 0 aliphatic carbocycles. The maximum absolute atomic E-state index is 13.3. The van der Waals surface area contributed by atoms with E-state index in [2.05, 4.69) is 46.5 Å². The van der Waals surface area contributed by atoms with E-state index < -0.39 is 0 Å². The van der Waals surface area contributed by atoms with E-state index in [0.29, 0.717) is 24.4 Å². The molecular formula is C29H40ClN5O3S. The summed E-state index contributed by atoms with van der Waals surface area (Å²) in [7, 11) is 0. The summed E-state index contributed by atoms with van der Waals surface area (Å²) in [5.41, 5.74) is 3.75. The van der Waals surface area contributed by atoms with Gasteiger partial charge in [0.05, 0.1) is 17.7 Å². The van der Waals surface area contributed by atoms with Crippen molar-refractivity contribution >= 4 is 36.0 Å². The molecule has 1 N–H and O–H groups in total. The Morgan fingerprint density at radius 1 is 1.33 bits per heavy atom. The predicted molar refractivity (Wildman–Crippen MR) is 158 cm³/mol. The van der Waals surface area contributed by atoms with Gasteiger partial charge in [-0.1, -0.05) is 36.3 Å². The summed E-state index contributed by atoms with van der Waals surface area (Å²) in [6, 6.07) is 4.11. The standard InChI is InChI=1S/C29H40ClN5O3S/c1-6-23-15-20(3)27(28(30)32-23)29(37)31-11-7-22(5)34-12-8-24(9-13-34)35(18-19(2)10-14-39)26(36)17-25-16-21(4)33-38-25/h10,14-16,22,24,39H,2,6-9,11-13,17-18H2,1,3-5H3,(H,31,37)/b14-10-. The molecule has 1 unspecified atom stereocenters. The van der Waals surface area contributed by atoms with Gasteiger partial charge in [-0.3, -0.25) is 9.59 Å². The first kappa shape index (κ1) is 30.9. The molecule has 2 aromatic rings. The monoisotopic (exact) mass is 573 g/mol. The van der Waals surface area contributed by atoms with Gasteiger partial charge in [-0.25, -0.2) is 4.98 Å². The molecule has 1 atom stereocenters. The van der Waals surface area contributed by atoms with Crippen LogP contribution in [0.25, 0.3) is 0 Å². The van der Waals surface area contributed by atoms with Gasteiger partial charge < -0.3 is 19.6 Å². The van der Waals surface area contributed by atoms with Crippen LogP contribution in [0.4, 0.5) is 0 Å². The fraction of sp³-hybridized carbons (Fsp3) is 0.517. The van der Waals surface area contributed by atoms with Crippen LogP contribution >= 0.6 is 24.2 Å². The van der Waals surface area contributed by atoms with E-state index in [9.17, 15) is 9.59 Å². The van der Waals surface area contributed by atoms with Crippen LogP contribution < -0.4 is 5.32 Å². The van der Waals surface area contributed by atoms with E-state index in [1.165, 1.54) is 0 Å². The fourth-order valence-electron chi connectivity index (χ4n) is 5.00. The molecular weight excluding hydrogens is 534 g/mol. The predicted octanol–water partition coefficient (Wildman–Crippen LogP) is 4.95. The number of rotatable bonds is 12. The number of amides is 2. The third-order valence-corrected chi connectivity index (χ3v) is 7.65. The van der Waals surface area contributed by atoms with Crippen LogP contribution in [0.5, 0.6) is 0 Å². The van der Waals surface area contributed by atoms with Gasteiger partial charge in [0.2, 0.25) is 5.91 Å². The van der Waals surface area contributed by atoms with Gasteiger partial charge in [0.1, 0.15) is 10.9 Å². The Morgan fingerprint density at radius 3 is 2.64 bits per heavy atom. The van der Waals surface area contributed by atoms with Gasteiger partial charge in [-0.15, -0.1) is 0 Å². The Hall–Kier alpha value is -2.62. The maximum Gasteiger partial charge on any atom is 0.254 e. The molecule has 1 aliphatic heterocycles. The maximum atomic E-state index is 13.3. The van der Waals surface area contributed by atoms with Crippen molar-refractivity contribution in [2.75, 3.05) is 26.2 Å². The lowest BCUT2D eigenvalue weighted by molar-refractivity contribution is -0.133. The van der Waals surface area contributed by atoms with Crippen LogP contribution in [0.15, 0.2) is 40.3 Å². The number of nitrogens with zero attached hydrogens (tertiary/aromatic N) is 4. The zero-order valence-electron chi connectivity index (χ0n) is 23.4. The highest BCUT2D eigenvalue weighted by atomic mass is 35.5. The lowest BCUT2D eigenvalue weighted by Gasteiger charge is -2.41. The van der Waals surface area contributed by atoms with Gasteiger partial charge in [0.25, 0.3) is 5.91 Å². The molecule has 0 saturated carbocycles. The second-order valence-corrected chi connectivity index (χ2v) is 10.9. The number of carbonyl (C=O) groups is 2. The third kappa shape index (κ3) is 8.68. The average molecular weight is 574 g/mol. The molecule has 3 heterocycles. The molecule has 2 aromatic heterocycles. The smallest absolute Gasteiger partial charge is 0.254 e. The number of aryl methyl sites for hydroxylation is 3. The van der Waals surface area contributed by atoms with Crippen LogP contribution in [0, 0.1) is 13.8 Å². The highest BCUT2D eigenvalue weighted by Crippen LogP contribution is 2.23. The minimum atomic E-state index is -0.190. The van der Waals surface area contributed by atoms with Crippen molar-refractivity contribution in [1.29, 1.82) is 0 Å². The third-order valence-electron chi connectivity index (χ3n) is 7.23. The summed E-state index contributed by atoms with van der Waals surface area (Å²) < 4.78 is 5.28. The van der Waals surface area contributed by atoms with Crippen LogP contribution in [0.3, 0.4) is 0 Å². The molecule has 8 nitrogen and oxygen atoms in total. The minimum Gasteiger partial charge on any atom is -0.361 e. The second kappa shape index (κ2) is 14.7. The minimum absolute atomic E-state index is 0.00416. The van der Waals surface area contributed by atoms with Gasteiger partial charge >= 0.3 is 0 Å². The number of thiol groups is 1. The Balaban J connectivity index is 1.53. The number of aromatic nitrogens is 2. The van der Waals surface area contributed by atoms with Crippen LogP contribution in [0.2, 0.25) is 5.15 Å². The van der Waals surface area contributed by atoms with Crippen molar-refractivity contribution in [3.05, 3.63) is 69.2 Å².